The van der Waals surface area contributed by atoms with Crippen LogP contribution in [0.3, 0.4) is 0 Å². The lowest BCUT2D eigenvalue weighted by atomic mass is 10.2. The van der Waals surface area contributed by atoms with E-state index in [0.29, 0.717) is 16.6 Å². The summed E-state index contributed by atoms with van der Waals surface area (Å²) in [6.45, 7) is 0. The Labute approximate surface area is 68.8 Å². The molecular weight excluding hydrogens is 155 g/mol. The molecule has 1 aromatic carbocycles. The van der Waals surface area contributed by atoms with E-state index in [-0.39, 0.29) is 5.82 Å². The van der Waals surface area contributed by atoms with Crippen LogP contribution >= 0.6 is 0 Å². The molecular formula is C9H7FN2. The maximum absolute atomic E-state index is 13.1. The highest BCUT2D eigenvalue weighted by Crippen LogP contribution is 2.18. The molecule has 0 aliphatic carbocycles. The molecule has 0 bridgehead atoms. The normalized spacial score (nSPS) is 10.4. The van der Waals surface area contributed by atoms with Crippen LogP contribution in [0.1, 0.15) is 0 Å². The largest absolute Gasteiger partial charge is 0.399 e. The van der Waals surface area contributed by atoms with Crippen molar-refractivity contribution in [1.82, 2.24) is 4.98 Å². The van der Waals surface area contributed by atoms with Crippen LogP contribution in [0.15, 0.2) is 30.5 Å². The Balaban J connectivity index is 2.89. The van der Waals surface area contributed by atoms with Gasteiger partial charge in [0.2, 0.25) is 0 Å². The van der Waals surface area contributed by atoms with Gasteiger partial charge < -0.3 is 5.73 Å². The first-order valence-corrected chi connectivity index (χ1v) is 3.57. The van der Waals surface area contributed by atoms with Crippen LogP contribution in [0.2, 0.25) is 0 Å². The number of pyridine rings is 1. The summed E-state index contributed by atoms with van der Waals surface area (Å²) in [6, 6.07) is 6.32. The number of benzene rings is 1. The molecule has 0 saturated heterocycles. The summed E-state index contributed by atoms with van der Waals surface area (Å²) in [5.74, 6) is -0.321. The van der Waals surface area contributed by atoms with Crippen molar-refractivity contribution in [3.8, 4) is 0 Å². The van der Waals surface area contributed by atoms with E-state index < -0.39 is 0 Å². The fraction of sp³-hybridized carbons (Fsp3) is 0. The van der Waals surface area contributed by atoms with E-state index in [1.165, 1.54) is 6.07 Å². The van der Waals surface area contributed by atoms with Gasteiger partial charge in [0.1, 0.15) is 5.82 Å². The summed E-state index contributed by atoms with van der Waals surface area (Å²) in [5.41, 5.74) is 6.44. The van der Waals surface area contributed by atoms with Crippen molar-refractivity contribution in [3.63, 3.8) is 0 Å². The predicted molar refractivity (Wildman–Crippen MR) is 46.1 cm³/mol. The van der Waals surface area contributed by atoms with Gasteiger partial charge in [-0.2, -0.15) is 0 Å². The van der Waals surface area contributed by atoms with E-state index in [0.717, 1.165) is 0 Å². The highest BCUT2D eigenvalue weighted by atomic mass is 19.1. The summed E-state index contributed by atoms with van der Waals surface area (Å²) in [7, 11) is 0. The summed E-state index contributed by atoms with van der Waals surface area (Å²) in [6.07, 6.45) is 1.61. The van der Waals surface area contributed by atoms with E-state index >= 15 is 0 Å². The Bertz CT molecular complexity index is 426. The van der Waals surface area contributed by atoms with Gasteiger partial charge in [0.15, 0.2) is 0 Å². The van der Waals surface area contributed by atoms with Crippen LogP contribution in [0.25, 0.3) is 10.9 Å². The lowest BCUT2D eigenvalue weighted by molar-refractivity contribution is 0.640. The molecule has 1 aromatic heterocycles. The molecule has 0 amide bonds. The first kappa shape index (κ1) is 7.03. The number of hydrogen-bond acceptors (Lipinski definition) is 2. The predicted octanol–water partition coefficient (Wildman–Crippen LogP) is 1.96. The molecule has 0 aliphatic heterocycles. The van der Waals surface area contributed by atoms with E-state index in [9.17, 15) is 4.39 Å². The van der Waals surface area contributed by atoms with Crippen molar-refractivity contribution in [2.75, 3.05) is 5.73 Å². The first-order valence-electron chi connectivity index (χ1n) is 3.57. The maximum atomic E-state index is 13.1. The van der Waals surface area contributed by atoms with Gasteiger partial charge >= 0.3 is 0 Å². The fourth-order valence-corrected chi connectivity index (χ4v) is 1.16. The zero-order chi connectivity index (χ0) is 8.55. The molecule has 2 nitrogen and oxygen atoms in total. The Kier molecular flexibility index (Phi) is 1.43. The highest BCUT2D eigenvalue weighted by molar-refractivity contribution is 5.82. The third-order valence-electron chi connectivity index (χ3n) is 1.69. The molecule has 12 heavy (non-hydrogen) atoms. The molecule has 0 atom stereocenters. The van der Waals surface area contributed by atoms with Crippen molar-refractivity contribution in [2.45, 2.75) is 0 Å². The molecule has 0 radical (unpaired) electrons. The molecule has 2 aromatic rings. The average molecular weight is 162 g/mol. The van der Waals surface area contributed by atoms with Crippen molar-refractivity contribution in [3.05, 3.63) is 36.3 Å². The minimum absolute atomic E-state index is 0.321. The van der Waals surface area contributed by atoms with E-state index in [2.05, 4.69) is 4.98 Å². The monoisotopic (exact) mass is 162 g/mol. The van der Waals surface area contributed by atoms with Crippen LogP contribution in [0.5, 0.6) is 0 Å². The second kappa shape index (κ2) is 2.44. The Morgan fingerprint density at radius 2 is 2.17 bits per heavy atom. The summed E-state index contributed by atoms with van der Waals surface area (Å²) in [5, 5.41) is 0.506. The molecule has 0 saturated carbocycles. The van der Waals surface area contributed by atoms with Crippen LogP contribution in [0.4, 0.5) is 10.1 Å². The Morgan fingerprint density at radius 1 is 1.33 bits per heavy atom. The number of nitrogen functional groups attached to an aromatic ring is 1. The van der Waals surface area contributed by atoms with Gasteiger partial charge in [0.05, 0.1) is 5.52 Å². The average Bonchev–Trinajstić information content (AvgIpc) is 2.04. The summed E-state index contributed by atoms with van der Waals surface area (Å²) < 4.78 is 13.1. The summed E-state index contributed by atoms with van der Waals surface area (Å²) >= 11 is 0. The van der Waals surface area contributed by atoms with Gasteiger partial charge in [0, 0.05) is 17.3 Å². The van der Waals surface area contributed by atoms with Crippen molar-refractivity contribution in [2.24, 2.45) is 0 Å². The maximum Gasteiger partial charge on any atom is 0.134 e. The van der Waals surface area contributed by atoms with Crippen LogP contribution in [-0.2, 0) is 0 Å². The zero-order valence-electron chi connectivity index (χ0n) is 6.29. The minimum Gasteiger partial charge on any atom is -0.399 e. The Hall–Kier alpha value is -1.64. The van der Waals surface area contributed by atoms with Gasteiger partial charge in [-0.25, -0.2) is 4.39 Å². The third-order valence-corrected chi connectivity index (χ3v) is 1.69. The van der Waals surface area contributed by atoms with Crippen LogP contribution in [0, 0.1) is 5.82 Å². The molecule has 0 aliphatic rings. The van der Waals surface area contributed by atoms with E-state index in [1.54, 1.807) is 24.4 Å². The molecule has 0 spiro atoms. The summed E-state index contributed by atoms with van der Waals surface area (Å²) in [4.78, 5) is 3.98. The highest BCUT2D eigenvalue weighted by Gasteiger charge is 2.00. The Morgan fingerprint density at radius 3 is 3.00 bits per heavy atom. The number of nitrogens with zero attached hydrogens (tertiary/aromatic N) is 1. The number of rotatable bonds is 0. The number of anilines is 1. The van der Waals surface area contributed by atoms with Crippen molar-refractivity contribution >= 4 is 16.6 Å². The molecule has 1 heterocycles. The fourth-order valence-electron chi connectivity index (χ4n) is 1.16. The lowest BCUT2D eigenvalue weighted by Gasteiger charge is -1.98. The van der Waals surface area contributed by atoms with Crippen molar-refractivity contribution < 1.29 is 4.39 Å². The molecule has 2 rings (SSSR count). The molecule has 3 heteroatoms. The van der Waals surface area contributed by atoms with Gasteiger partial charge in [-0.1, -0.05) is 0 Å². The van der Waals surface area contributed by atoms with E-state index in [1.807, 2.05) is 0 Å². The topological polar surface area (TPSA) is 38.9 Å². The standard InChI is InChI=1S/C9H7FN2/c10-8-4-6(11)5-9-7(8)2-1-3-12-9/h1-5H,11H2. The lowest BCUT2D eigenvalue weighted by Crippen LogP contribution is -1.88. The zero-order valence-corrected chi connectivity index (χ0v) is 6.29. The smallest absolute Gasteiger partial charge is 0.134 e. The number of nitrogens with two attached hydrogens (primary N) is 1. The second-order valence-corrected chi connectivity index (χ2v) is 2.57. The number of hydrogen-bond donors (Lipinski definition) is 1. The quantitative estimate of drug-likeness (QED) is 0.601. The van der Waals surface area contributed by atoms with Gasteiger partial charge in [0.25, 0.3) is 0 Å². The third kappa shape index (κ3) is 0.993. The van der Waals surface area contributed by atoms with Crippen LogP contribution in [-0.4, -0.2) is 4.98 Å². The number of aromatic nitrogens is 1. The van der Waals surface area contributed by atoms with E-state index in [4.69, 9.17) is 5.73 Å². The minimum atomic E-state index is -0.321. The number of halogens is 1. The van der Waals surface area contributed by atoms with Crippen molar-refractivity contribution in [1.29, 1.82) is 0 Å². The molecule has 60 valence electrons. The molecule has 2 N–H and O–H groups in total. The van der Waals surface area contributed by atoms with Gasteiger partial charge in [-0.3, -0.25) is 4.98 Å². The number of fused-ring (bicyclic) bond motifs is 1. The molecule has 0 unspecified atom stereocenters. The van der Waals surface area contributed by atoms with Gasteiger partial charge in [-0.15, -0.1) is 0 Å². The second-order valence-electron chi connectivity index (χ2n) is 2.57. The van der Waals surface area contributed by atoms with Crippen LogP contribution < -0.4 is 5.73 Å². The van der Waals surface area contributed by atoms with Gasteiger partial charge in [-0.05, 0) is 24.3 Å². The SMILES string of the molecule is Nc1cc(F)c2cccnc2c1. The molecule has 0 fully saturated rings. The first-order chi connectivity index (χ1) is 5.77.